The lowest BCUT2D eigenvalue weighted by molar-refractivity contribution is 0.0885. The van der Waals surface area contributed by atoms with Crippen LogP contribution in [0, 0.1) is 0 Å². The Morgan fingerprint density at radius 2 is 2.00 bits per heavy atom. The number of aromatic nitrogens is 2. The van der Waals surface area contributed by atoms with Crippen LogP contribution in [-0.4, -0.2) is 43.1 Å². The summed E-state index contributed by atoms with van der Waals surface area (Å²) in [6.07, 6.45) is 0. The van der Waals surface area contributed by atoms with Gasteiger partial charge in [0.1, 0.15) is 10.4 Å². The highest BCUT2D eigenvalue weighted by Gasteiger charge is 2.43. The van der Waals surface area contributed by atoms with Crippen molar-refractivity contribution in [2.45, 2.75) is 4.90 Å². The number of benzene rings is 1. The van der Waals surface area contributed by atoms with Gasteiger partial charge in [-0.25, -0.2) is 21.1 Å². The number of rotatable bonds is 4. The molecule has 2 aromatic rings. The first-order chi connectivity index (χ1) is 10.3. The SMILES string of the molecule is O=C1c2ccccc2S(=O)(=O)N1CS(=O)(=O)Nc1nncs1. The predicted molar refractivity (Wildman–Crippen MR) is 77.1 cm³/mol. The van der Waals surface area contributed by atoms with E-state index in [-0.39, 0.29) is 15.6 Å². The van der Waals surface area contributed by atoms with Crippen molar-refractivity contribution in [3.8, 4) is 0 Å². The minimum atomic E-state index is -4.18. The van der Waals surface area contributed by atoms with E-state index in [1.54, 1.807) is 0 Å². The molecule has 0 fully saturated rings. The summed E-state index contributed by atoms with van der Waals surface area (Å²) >= 11 is 0.930. The molecule has 1 aromatic heterocycles. The lowest BCUT2D eigenvalue weighted by Gasteiger charge is -2.15. The van der Waals surface area contributed by atoms with Gasteiger partial charge in [0.2, 0.25) is 5.13 Å². The number of hydrogen-bond donors (Lipinski definition) is 1. The van der Waals surface area contributed by atoms with Gasteiger partial charge in [0.05, 0.1) is 5.56 Å². The van der Waals surface area contributed by atoms with Crippen LogP contribution in [0.3, 0.4) is 0 Å². The summed E-state index contributed by atoms with van der Waals surface area (Å²) in [5, 5.41) is 6.94. The van der Waals surface area contributed by atoms with Crippen molar-refractivity contribution in [2.24, 2.45) is 0 Å². The number of fused-ring (bicyclic) bond motifs is 1. The number of amides is 1. The first-order valence-corrected chi connectivity index (χ1v) is 9.71. The molecular formula is C10H8N4O5S3. The predicted octanol–water partition coefficient (Wildman–Crippen LogP) is 0.0820. The molecule has 116 valence electrons. The average Bonchev–Trinajstić information content (AvgIpc) is 3.01. The van der Waals surface area contributed by atoms with Gasteiger partial charge < -0.3 is 0 Å². The van der Waals surface area contributed by atoms with Crippen molar-refractivity contribution in [3.05, 3.63) is 35.3 Å². The Bertz CT molecular complexity index is 937. The molecule has 0 spiro atoms. The van der Waals surface area contributed by atoms with Crippen LogP contribution in [0.2, 0.25) is 0 Å². The van der Waals surface area contributed by atoms with Gasteiger partial charge in [-0.1, -0.05) is 23.5 Å². The zero-order chi connectivity index (χ0) is 16.0. The van der Waals surface area contributed by atoms with E-state index in [2.05, 4.69) is 14.9 Å². The van der Waals surface area contributed by atoms with Gasteiger partial charge in [-0.05, 0) is 12.1 Å². The minimum Gasteiger partial charge on any atom is -0.268 e. The molecule has 0 bridgehead atoms. The summed E-state index contributed by atoms with van der Waals surface area (Å²) in [5.74, 6) is -1.90. The van der Waals surface area contributed by atoms with Crippen molar-refractivity contribution in [3.63, 3.8) is 0 Å². The van der Waals surface area contributed by atoms with E-state index in [0.29, 0.717) is 4.31 Å². The zero-order valence-corrected chi connectivity index (χ0v) is 13.2. The Morgan fingerprint density at radius 1 is 1.27 bits per heavy atom. The molecule has 22 heavy (non-hydrogen) atoms. The molecule has 0 saturated carbocycles. The van der Waals surface area contributed by atoms with Crippen LogP contribution in [0.4, 0.5) is 5.13 Å². The Morgan fingerprint density at radius 3 is 2.64 bits per heavy atom. The van der Waals surface area contributed by atoms with Crippen LogP contribution in [0.5, 0.6) is 0 Å². The quantitative estimate of drug-likeness (QED) is 0.818. The van der Waals surface area contributed by atoms with Gasteiger partial charge >= 0.3 is 0 Å². The van der Waals surface area contributed by atoms with E-state index in [1.807, 2.05) is 0 Å². The van der Waals surface area contributed by atoms with Crippen LogP contribution in [-0.2, 0) is 20.0 Å². The molecule has 1 amide bonds. The van der Waals surface area contributed by atoms with Gasteiger partial charge in [0.15, 0.2) is 5.88 Å². The minimum absolute atomic E-state index is 0.0124. The van der Waals surface area contributed by atoms with Crippen LogP contribution in [0.1, 0.15) is 10.4 Å². The van der Waals surface area contributed by atoms with Gasteiger partial charge in [-0.3, -0.25) is 9.52 Å². The fraction of sp³-hybridized carbons (Fsp3) is 0.100. The summed E-state index contributed by atoms with van der Waals surface area (Å²) in [6.45, 7) is 0. The highest BCUT2D eigenvalue weighted by Crippen LogP contribution is 2.30. The molecule has 2 heterocycles. The van der Waals surface area contributed by atoms with Gasteiger partial charge in [0, 0.05) is 0 Å². The number of nitrogens with one attached hydrogen (secondary N) is 1. The van der Waals surface area contributed by atoms with E-state index in [1.165, 1.54) is 29.8 Å². The standard InChI is InChI=1S/C10H8N4O5S3/c15-9-7-3-1-2-4-8(7)22(18,19)14(9)6-21(16,17)13-10-12-11-5-20-10/h1-5H,6H2,(H,12,13). The van der Waals surface area contributed by atoms with Crippen LogP contribution in [0.25, 0.3) is 0 Å². The molecule has 1 aliphatic heterocycles. The molecule has 3 rings (SSSR count). The van der Waals surface area contributed by atoms with E-state index in [4.69, 9.17) is 0 Å². The van der Waals surface area contributed by atoms with Gasteiger partial charge in [-0.15, -0.1) is 10.2 Å². The van der Waals surface area contributed by atoms with Crippen LogP contribution >= 0.6 is 11.3 Å². The molecule has 1 aromatic carbocycles. The summed E-state index contributed by atoms with van der Waals surface area (Å²) in [6, 6.07) is 5.55. The van der Waals surface area contributed by atoms with Crippen molar-refractivity contribution in [1.29, 1.82) is 0 Å². The lowest BCUT2D eigenvalue weighted by atomic mass is 10.2. The fourth-order valence-electron chi connectivity index (χ4n) is 1.90. The number of anilines is 1. The third-order valence-corrected chi connectivity index (χ3v) is 6.59. The average molecular weight is 360 g/mol. The van der Waals surface area contributed by atoms with E-state index in [9.17, 15) is 21.6 Å². The molecule has 12 heteroatoms. The highest BCUT2D eigenvalue weighted by atomic mass is 32.2. The summed E-state index contributed by atoms with van der Waals surface area (Å²) < 4.78 is 50.9. The van der Waals surface area contributed by atoms with Gasteiger partial charge in [0.25, 0.3) is 26.0 Å². The molecule has 0 saturated heterocycles. The Balaban J connectivity index is 1.92. The van der Waals surface area contributed by atoms with Gasteiger partial charge in [-0.2, -0.15) is 0 Å². The Labute approximate surface area is 129 Å². The van der Waals surface area contributed by atoms with E-state index in [0.717, 1.165) is 11.3 Å². The fourth-order valence-corrected chi connectivity index (χ4v) is 5.76. The number of nitrogens with zero attached hydrogens (tertiary/aromatic N) is 3. The number of hydrogen-bond acceptors (Lipinski definition) is 8. The second-order valence-electron chi connectivity index (χ2n) is 4.24. The monoisotopic (exact) mass is 360 g/mol. The first kappa shape index (κ1) is 14.9. The molecule has 9 nitrogen and oxygen atoms in total. The Hall–Kier alpha value is -2.05. The maximum absolute atomic E-state index is 12.3. The van der Waals surface area contributed by atoms with Crippen LogP contribution < -0.4 is 4.72 Å². The Kier molecular flexibility index (Phi) is 3.38. The molecule has 0 atom stereocenters. The topological polar surface area (TPSA) is 126 Å². The molecule has 0 unspecified atom stereocenters. The summed E-state index contributed by atoms with van der Waals surface area (Å²) in [4.78, 5) is 11.9. The maximum Gasteiger partial charge on any atom is 0.270 e. The van der Waals surface area contributed by atoms with E-state index >= 15 is 0 Å². The smallest absolute Gasteiger partial charge is 0.268 e. The lowest BCUT2D eigenvalue weighted by Crippen LogP contribution is -2.37. The van der Waals surface area contributed by atoms with E-state index < -0.39 is 31.8 Å². The number of sulfonamides is 2. The third-order valence-electron chi connectivity index (χ3n) is 2.80. The van der Waals surface area contributed by atoms with Crippen molar-refractivity contribution >= 4 is 42.4 Å². The van der Waals surface area contributed by atoms with Crippen molar-refractivity contribution in [1.82, 2.24) is 14.5 Å². The highest BCUT2D eigenvalue weighted by molar-refractivity contribution is 7.95. The summed E-state index contributed by atoms with van der Waals surface area (Å²) in [5.41, 5.74) is 1.26. The second-order valence-corrected chi connectivity index (χ2v) is 8.60. The number of carbonyl (C=O) groups excluding carboxylic acids is 1. The second kappa shape index (κ2) is 5.00. The normalized spacial score (nSPS) is 16.5. The number of carbonyl (C=O) groups is 1. The maximum atomic E-state index is 12.3. The molecule has 0 aliphatic carbocycles. The first-order valence-electron chi connectivity index (χ1n) is 5.74. The van der Waals surface area contributed by atoms with Crippen molar-refractivity contribution in [2.75, 3.05) is 10.6 Å². The molecule has 1 aliphatic rings. The zero-order valence-electron chi connectivity index (χ0n) is 10.7. The van der Waals surface area contributed by atoms with Crippen LogP contribution in [0.15, 0.2) is 34.7 Å². The molecule has 0 radical (unpaired) electrons. The van der Waals surface area contributed by atoms with Crippen molar-refractivity contribution < 1.29 is 21.6 Å². The third kappa shape index (κ3) is 2.44. The largest absolute Gasteiger partial charge is 0.270 e. The molecular weight excluding hydrogens is 352 g/mol. The molecule has 1 N–H and O–H groups in total. The summed E-state index contributed by atoms with van der Waals surface area (Å²) in [7, 11) is -8.30.